The van der Waals surface area contributed by atoms with Crippen LogP contribution in [-0.2, 0) is 0 Å². The molecule has 1 aromatic carbocycles. The molecule has 0 aliphatic heterocycles. The predicted molar refractivity (Wildman–Crippen MR) is 67.1 cm³/mol. The molecule has 4 heteroatoms. The van der Waals surface area contributed by atoms with Crippen molar-refractivity contribution < 1.29 is 4.39 Å². The topological polar surface area (TPSA) is 50.9 Å². The largest absolute Gasteiger partial charge is 0.397 e. The Morgan fingerprint density at radius 1 is 1.24 bits per heavy atom. The first-order chi connectivity index (χ1) is 8.15. The highest BCUT2D eigenvalue weighted by molar-refractivity contribution is 5.52. The van der Waals surface area contributed by atoms with E-state index in [0.717, 1.165) is 11.3 Å². The SMILES string of the molecule is CC(Nc1cncc(N)c1)c1ccc(F)cc1. The van der Waals surface area contributed by atoms with Crippen LogP contribution in [0.15, 0.2) is 42.7 Å². The summed E-state index contributed by atoms with van der Waals surface area (Å²) in [6, 6.07) is 8.29. The molecule has 1 heterocycles. The Morgan fingerprint density at radius 2 is 1.94 bits per heavy atom. The van der Waals surface area contributed by atoms with Crippen LogP contribution in [0.2, 0.25) is 0 Å². The molecule has 2 aromatic rings. The van der Waals surface area contributed by atoms with Crippen molar-refractivity contribution in [3.05, 3.63) is 54.1 Å². The van der Waals surface area contributed by atoms with Gasteiger partial charge in [0.2, 0.25) is 0 Å². The Bertz CT molecular complexity index is 496. The normalized spacial score (nSPS) is 12.1. The summed E-state index contributed by atoms with van der Waals surface area (Å²) in [5, 5.41) is 3.25. The average molecular weight is 231 g/mol. The van der Waals surface area contributed by atoms with Gasteiger partial charge in [-0.15, -0.1) is 0 Å². The van der Waals surface area contributed by atoms with Crippen molar-refractivity contribution in [2.45, 2.75) is 13.0 Å². The molecular weight excluding hydrogens is 217 g/mol. The van der Waals surface area contributed by atoms with E-state index in [1.165, 1.54) is 12.1 Å². The van der Waals surface area contributed by atoms with Crippen molar-refractivity contribution in [1.29, 1.82) is 0 Å². The van der Waals surface area contributed by atoms with Gasteiger partial charge in [0.15, 0.2) is 0 Å². The van der Waals surface area contributed by atoms with E-state index in [2.05, 4.69) is 10.3 Å². The van der Waals surface area contributed by atoms with Gasteiger partial charge in [-0.1, -0.05) is 12.1 Å². The van der Waals surface area contributed by atoms with Gasteiger partial charge in [0.1, 0.15) is 5.82 Å². The molecule has 1 unspecified atom stereocenters. The lowest BCUT2D eigenvalue weighted by Gasteiger charge is -2.15. The number of benzene rings is 1. The molecule has 3 N–H and O–H groups in total. The fourth-order valence-electron chi connectivity index (χ4n) is 1.62. The highest BCUT2D eigenvalue weighted by Crippen LogP contribution is 2.19. The fraction of sp³-hybridized carbons (Fsp3) is 0.154. The Hall–Kier alpha value is -2.10. The van der Waals surface area contributed by atoms with Crippen molar-refractivity contribution in [2.24, 2.45) is 0 Å². The van der Waals surface area contributed by atoms with E-state index >= 15 is 0 Å². The van der Waals surface area contributed by atoms with Crippen molar-refractivity contribution in [2.75, 3.05) is 11.1 Å². The summed E-state index contributed by atoms with van der Waals surface area (Å²) in [4.78, 5) is 4.00. The maximum atomic E-state index is 12.8. The number of nitrogen functional groups attached to an aromatic ring is 1. The van der Waals surface area contributed by atoms with E-state index in [9.17, 15) is 4.39 Å². The number of rotatable bonds is 3. The van der Waals surface area contributed by atoms with Crippen LogP contribution in [0.1, 0.15) is 18.5 Å². The minimum atomic E-state index is -0.230. The van der Waals surface area contributed by atoms with Crippen molar-refractivity contribution in [3.8, 4) is 0 Å². The summed E-state index contributed by atoms with van der Waals surface area (Å²) in [6.45, 7) is 2.00. The van der Waals surface area contributed by atoms with Gasteiger partial charge in [0, 0.05) is 12.2 Å². The summed E-state index contributed by atoms with van der Waals surface area (Å²) in [5.74, 6) is -0.230. The van der Waals surface area contributed by atoms with Gasteiger partial charge in [-0.3, -0.25) is 4.98 Å². The number of nitrogens with zero attached hydrogens (tertiary/aromatic N) is 1. The third-order valence-corrected chi connectivity index (χ3v) is 2.51. The number of pyridine rings is 1. The summed E-state index contributed by atoms with van der Waals surface area (Å²) in [5.41, 5.74) is 8.11. The second-order valence-electron chi connectivity index (χ2n) is 3.92. The number of hydrogen-bond donors (Lipinski definition) is 2. The van der Waals surface area contributed by atoms with E-state index in [4.69, 9.17) is 5.73 Å². The maximum Gasteiger partial charge on any atom is 0.123 e. The molecule has 0 spiro atoms. The fourth-order valence-corrected chi connectivity index (χ4v) is 1.62. The molecule has 88 valence electrons. The van der Waals surface area contributed by atoms with E-state index in [0.29, 0.717) is 5.69 Å². The van der Waals surface area contributed by atoms with Crippen LogP contribution in [0.5, 0.6) is 0 Å². The molecule has 0 fully saturated rings. The van der Waals surface area contributed by atoms with Crippen LogP contribution in [0, 0.1) is 5.82 Å². The number of nitrogens with two attached hydrogens (primary N) is 1. The first-order valence-corrected chi connectivity index (χ1v) is 5.37. The standard InChI is InChI=1S/C13H14FN3/c1-9(10-2-4-11(14)5-3-10)17-13-6-12(15)7-16-8-13/h2-9,17H,15H2,1H3. The Balaban J connectivity index is 2.11. The van der Waals surface area contributed by atoms with Crippen LogP contribution < -0.4 is 11.1 Å². The molecule has 3 nitrogen and oxygen atoms in total. The van der Waals surface area contributed by atoms with Gasteiger partial charge >= 0.3 is 0 Å². The zero-order valence-electron chi connectivity index (χ0n) is 9.52. The lowest BCUT2D eigenvalue weighted by Crippen LogP contribution is -2.07. The van der Waals surface area contributed by atoms with Gasteiger partial charge in [0.25, 0.3) is 0 Å². The van der Waals surface area contributed by atoms with Crippen LogP contribution >= 0.6 is 0 Å². The van der Waals surface area contributed by atoms with E-state index < -0.39 is 0 Å². The molecule has 2 rings (SSSR count). The Labute approximate surface area is 99.5 Å². The van der Waals surface area contributed by atoms with Crippen molar-refractivity contribution in [1.82, 2.24) is 4.98 Å². The van der Waals surface area contributed by atoms with Crippen LogP contribution in [0.25, 0.3) is 0 Å². The molecule has 0 radical (unpaired) electrons. The molecule has 0 amide bonds. The third-order valence-electron chi connectivity index (χ3n) is 2.51. The summed E-state index contributed by atoms with van der Waals surface area (Å²) >= 11 is 0. The van der Waals surface area contributed by atoms with Crippen LogP contribution in [0.4, 0.5) is 15.8 Å². The Morgan fingerprint density at radius 3 is 2.59 bits per heavy atom. The molecule has 0 aliphatic rings. The lowest BCUT2D eigenvalue weighted by molar-refractivity contribution is 0.626. The van der Waals surface area contributed by atoms with E-state index in [1.54, 1.807) is 24.5 Å². The molecule has 0 bridgehead atoms. The molecule has 0 saturated heterocycles. The number of halogens is 1. The third kappa shape index (κ3) is 2.93. The van der Waals surface area contributed by atoms with Crippen LogP contribution in [-0.4, -0.2) is 4.98 Å². The van der Waals surface area contributed by atoms with E-state index in [1.807, 2.05) is 13.0 Å². The molecule has 0 aliphatic carbocycles. The summed E-state index contributed by atoms with van der Waals surface area (Å²) in [7, 11) is 0. The minimum Gasteiger partial charge on any atom is -0.397 e. The van der Waals surface area contributed by atoms with Crippen molar-refractivity contribution >= 4 is 11.4 Å². The van der Waals surface area contributed by atoms with Gasteiger partial charge in [-0.05, 0) is 30.7 Å². The first kappa shape index (κ1) is 11.4. The number of aromatic nitrogens is 1. The second kappa shape index (κ2) is 4.82. The zero-order valence-corrected chi connectivity index (χ0v) is 9.52. The van der Waals surface area contributed by atoms with Crippen molar-refractivity contribution in [3.63, 3.8) is 0 Å². The van der Waals surface area contributed by atoms with E-state index in [-0.39, 0.29) is 11.9 Å². The maximum absolute atomic E-state index is 12.8. The second-order valence-corrected chi connectivity index (χ2v) is 3.92. The molecule has 1 aromatic heterocycles. The average Bonchev–Trinajstić information content (AvgIpc) is 2.29. The predicted octanol–water partition coefficient (Wildman–Crippen LogP) is 2.98. The number of anilines is 2. The van der Waals surface area contributed by atoms with Gasteiger partial charge < -0.3 is 11.1 Å². The first-order valence-electron chi connectivity index (χ1n) is 5.37. The quantitative estimate of drug-likeness (QED) is 0.853. The van der Waals surface area contributed by atoms with Gasteiger partial charge in [-0.2, -0.15) is 0 Å². The smallest absolute Gasteiger partial charge is 0.123 e. The van der Waals surface area contributed by atoms with Gasteiger partial charge in [0.05, 0.1) is 17.6 Å². The van der Waals surface area contributed by atoms with Crippen LogP contribution in [0.3, 0.4) is 0 Å². The molecular formula is C13H14FN3. The summed E-state index contributed by atoms with van der Waals surface area (Å²) in [6.07, 6.45) is 3.30. The Kier molecular flexibility index (Phi) is 3.23. The highest BCUT2D eigenvalue weighted by Gasteiger charge is 2.05. The zero-order chi connectivity index (χ0) is 12.3. The number of hydrogen-bond acceptors (Lipinski definition) is 3. The molecule has 0 saturated carbocycles. The highest BCUT2D eigenvalue weighted by atomic mass is 19.1. The van der Waals surface area contributed by atoms with Gasteiger partial charge in [-0.25, -0.2) is 4.39 Å². The number of nitrogens with one attached hydrogen (secondary N) is 1. The molecule has 17 heavy (non-hydrogen) atoms. The molecule has 1 atom stereocenters. The monoisotopic (exact) mass is 231 g/mol. The lowest BCUT2D eigenvalue weighted by atomic mass is 10.1. The summed E-state index contributed by atoms with van der Waals surface area (Å²) < 4.78 is 12.8. The minimum absolute atomic E-state index is 0.0687.